The third-order valence-electron chi connectivity index (χ3n) is 3.43. The van der Waals surface area contributed by atoms with Gasteiger partial charge in [-0.15, -0.1) is 0 Å². The van der Waals surface area contributed by atoms with Crippen LogP contribution in [0, 0.1) is 0 Å². The van der Waals surface area contributed by atoms with Crippen LogP contribution in [0.5, 0.6) is 0 Å². The van der Waals surface area contributed by atoms with E-state index in [1.807, 2.05) is 18.2 Å². The number of carbonyl (C=O) groups is 1. The number of carboxylic acid groups (broad SMARTS) is 1. The third kappa shape index (κ3) is 8.32. The first-order valence-electron chi connectivity index (χ1n) is 7.58. The molecule has 0 spiro atoms. The second-order valence-corrected chi connectivity index (χ2v) is 5.43. The minimum Gasteiger partial charge on any atom is -0.465 e. The van der Waals surface area contributed by atoms with Crippen molar-refractivity contribution in [2.24, 2.45) is 5.73 Å². The Bertz CT molecular complexity index is 398. The molecule has 0 saturated carbocycles. The van der Waals surface area contributed by atoms with E-state index < -0.39 is 6.09 Å². The Morgan fingerprint density at radius 1 is 1.29 bits per heavy atom. The van der Waals surface area contributed by atoms with Crippen LogP contribution in [-0.4, -0.2) is 36.4 Å². The summed E-state index contributed by atoms with van der Waals surface area (Å²) in [6.07, 6.45) is 2.65. The fourth-order valence-corrected chi connectivity index (χ4v) is 2.32. The first-order chi connectivity index (χ1) is 10.1. The van der Waals surface area contributed by atoms with E-state index in [2.05, 4.69) is 29.7 Å². The summed E-state index contributed by atoms with van der Waals surface area (Å²) in [5.41, 5.74) is 6.75. The van der Waals surface area contributed by atoms with Crippen molar-refractivity contribution in [3.63, 3.8) is 0 Å². The fourth-order valence-electron chi connectivity index (χ4n) is 2.32. The highest BCUT2D eigenvalue weighted by atomic mass is 16.4. The van der Waals surface area contributed by atoms with Crippen LogP contribution >= 0.6 is 0 Å². The van der Waals surface area contributed by atoms with E-state index in [1.165, 1.54) is 5.56 Å². The van der Waals surface area contributed by atoms with Gasteiger partial charge in [-0.05, 0) is 38.3 Å². The number of hydrogen-bond acceptors (Lipinski definition) is 3. The lowest BCUT2D eigenvalue weighted by Crippen LogP contribution is -2.44. The number of amides is 1. The molecule has 1 aromatic carbocycles. The maximum Gasteiger partial charge on any atom is 0.404 e. The highest BCUT2D eigenvalue weighted by molar-refractivity contribution is 5.64. The van der Waals surface area contributed by atoms with Crippen LogP contribution in [0.2, 0.25) is 0 Å². The zero-order valence-electron chi connectivity index (χ0n) is 12.7. The van der Waals surface area contributed by atoms with Gasteiger partial charge in [-0.25, -0.2) is 4.79 Å². The molecule has 0 aliphatic rings. The summed E-state index contributed by atoms with van der Waals surface area (Å²) >= 11 is 0. The molecule has 2 atom stereocenters. The van der Waals surface area contributed by atoms with Gasteiger partial charge in [0.25, 0.3) is 0 Å². The molecule has 0 aliphatic heterocycles. The summed E-state index contributed by atoms with van der Waals surface area (Å²) in [6, 6.07) is 10.5. The zero-order chi connectivity index (χ0) is 15.5. The Kier molecular flexibility index (Phi) is 8.47. The van der Waals surface area contributed by atoms with Crippen molar-refractivity contribution in [1.29, 1.82) is 0 Å². The summed E-state index contributed by atoms with van der Waals surface area (Å²) in [5, 5.41) is 14.9. The smallest absolute Gasteiger partial charge is 0.404 e. The molecule has 0 heterocycles. The Labute approximate surface area is 126 Å². The van der Waals surface area contributed by atoms with Crippen LogP contribution in [0.3, 0.4) is 0 Å². The van der Waals surface area contributed by atoms with Crippen molar-refractivity contribution in [2.45, 2.75) is 44.7 Å². The highest BCUT2D eigenvalue weighted by Gasteiger charge is 2.12. The van der Waals surface area contributed by atoms with E-state index in [-0.39, 0.29) is 6.04 Å². The highest BCUT2D eigenvalue weighted by Crippen LogP contribution is 2.04. The van der Waals surface area contributed by atoms with Gasteiger partial charge in [0.05, 0.1) is 0 Å². The normalized spacial score (nSPS) is 13.6. The van der Waals surface area contributed by atoms with Crippen molar-refractivity contribution in [1.82, 2.24) is 10.6 Å². The van der Waals surface area contributed by atoms with Crippen molar-refractivity contribution in [3.8, 4) is 0 Å². The number of rotatable bonds is 10. The van der Waals surface area contributed by atoms with Crippen molar-refractivity contribution in [3.05, 3.63) is 35.9 Å². The van der Waals surface area contributed by atoms with E-state index >= 15 is 0 Å². The lowest BCUT2D eigenvalue weighted by molar-refractivity contribution is 0.188. The quantitative estimate of drug-likeness (QED) is 0.497. The average Bonchev–Trinajstić information content (AvgIpc) is 2.45. The second kappa shape index (κ2) is 10.2. The van der Waals surface area contributed by atoms with Gasteiger partial charge in [0, 0.05) is 18.6 Å². The van der Waals surface area contributed by atoms with Crippen LogP contribution in [0.4, 0.5) is 4.79 Å². The summed E-state index contributed by atoms with van der Waals surface area (Å²) < 4.78 is 0. The Balaban J connectivity index is 2.34. The van der Waals surface area contributed by atoms with Crippen LogP contribution < -0.4 is 16.4 Å². The molecule has 1 aromatic rings. The number of nitrogens with one attached hydrogen (secondary N) is 2. The number of hydrogen-bond donors (Lipinski definition) is 4. The van der Waals surface area contributed by atoms with Gasteiger partial charge in [0.2, 0.25) is 0 Å². The first kappa shape index (κ1) is 17.5. The molecule has 0 aliphatic carbocycles. The number of benzene rings is 1. The van der Waals surface area contributed by atoms with Gasteiger partial charge in [-0.3, -0.25) is 0 Å². The van der Waals surface area contributed by atoms with Gasteiger partial charge in [0.15, 0.2) is 0 Å². The molecule has 118 valence electrons. The molecule has 0 bridgehead atoms. The minimum absolute atomic E-state index is 0.0627. The van der Waals surface area contributed by atoms with E-state index in [0.29, 0.717) is 19.1 Å². The topological polar surface area (TPSA) is 87.4 Å². The molecular formula is C16H27N3O2. The molecule has 1 rings (SSSR count). The van der Waals surface area contributed by atoms with Gasteiger partial charge in [-0.1, -0.05) is 36.8 Å². The summed E-state index contributed by atoms with van der Waals surface area (Å²) in [5.74, 6) is 0. The van der Waals surface area contributed by atoms with Crippen LogP contribution in [-0.2, 0) is 6.42 Å². The van der Waals surface area contributed by atoms with Crippen molar-refractivity contribution < 1.29 is 9.90 Å². The summed E-state index contributed by atoms with van der Waals surface area (Å²) in [6.45, 7) is 3.41. The molecular weight excluding hydrogens is 266 g/mol. The van der Waals surface area contributed by atoms with Gasteiger partial charge in [-0.2, -0.15) is 0 Å². The van der Waals surface area contributed by atoms with E-state index in [1.54, 1.807) is 0 Å². The second-order valence-electron chi connectivity index (χ2n) is 5.43. The molecule has 0 radical (unpaired) electrons. The van der Waals surface area contributed by atoms with Crippen LogP contribution in [0.1, 0.15) is 31.7 Å². The lowest BCUT2D eigenvalue weighted by Gasteiger charge is -2.21. The molecule has 1 amide bonds. The maximum atomic E-state index is 10.8. The minimum atomic E-state index is -0.967. The van der Waals surface area contributed by atoms with Crippen LogP contribution in [0.25, 0.3) is 0 Å². The van der Waals surface area contributed by atoms with E-state index in [4.69, 9.17) is 10.8 Å². The maximum absolute atomic E-state index is 10.8. The molecule has 5 N–H and O–H groups in total. The van der Waals surface area contributed by atoms with E-state index in [0.717, 1.165) is 25.7 Å². The molecule has 5 heteroatoms. The largest absolute Gasteiger partial charge is 0.465 e. The van der Waals surface area contributed by atoms with E-state index in [9.17, 15) is 4.79 Å². The molecule has 0 unspecified atom stereocenters. The molecule has 0 fully saturated rings. The Hall–Kier alpha value is -1.59. The van der Waals surface area contributed by atoms with Gasteiger partial charge < -0.3 is 21.5 Å². The van der Waals surface area contributed by atoms with Crippen LogP contribution in [0.15, 0.2) is 30.3 Å². The molecule has 0 saturated heterocycles. The first-order valence-corrected chi connectivity index (χ1v) is 7.58. The molecule has 21 heavy (non-hydrogen) atoms. The predicted molar refractivity (Wildman–Crippen MR) is 85.5 cm³/mol. The summed E-state index contributed by atoms with van der Waals surface area (Å²) in [7, 11) is 0. The lowest BCUT2D eigenvalue weighted by atomic mass is 10.1. The van der Waals surface area contributed by atoms with Gasteiger partial charge >= 0.3 is 6.09 Å². The Morgan fingerprint density at radius 3 is 2.62 bits per heavy atom. The number of unbranched alkanes of at least 4 members (excludes halogenated alkanes) is 1. The SMILES string of the molecule is C[C@@H](Cc1ccccc1)NC[C@H](CCCCN)NC(=O)O. The third-order valence-corrected chi connectivity index (χ3v) is 3.43. The standard InChI is InChI=1S/C16H27N3O2/c1-13(11-14-7-3-2-4-8-14)18-12-15(19-16(20)21)9-5-6-10-17/h2-4,7-8,13,15,18-19H,5-6,9-12,17H2,1H3,(H,20,21)/t13-,15-/m0/s1. The van der Waals surface area contributed by atoms with Gasteiger partial charge in [0.1, 0.15) is 0 Å². The summed E-state index contributed by atoms with van der Waals surface area (Å²) in [4.78, 5) is 10.8. The zero-order valence-corrected chi connectivity index (χ0v) is 12.7. The monoisotopic (exact) mass is 293 g/mol. The van der Waals surface area contributed by atoms with Crippen molar-refractivity contribution >= 4 is 6.09 Å². The predicted octanol–water partition coefficient (Wildman–Crippen LogP) is 1.97. The average molecular weight is 293 g/mol. The number of nitrogens with two attached hydrogens (primary N) is 1. The molecule has 0 aromatic heterocycles. The fraction of sp³-hybridized carbons (Fsp3) is 0.562. The Morgan fingerprint density at radius 2 is 2.00 bits per heavy atom. The molecule has 5 nitrogen and oxygen atoms in total. The van der Waals surface area contributed by atoms with Crippen molar-refractivity contribution in [2.75, 3.05) is 13.1 Å².